The van der Waals surface area contributed by atoms with Crippen LogP contribution in [0.3, 0.4) is 0 Å². The van der Waals surface area contributed by atoms with Gasteiger partial charge in [-0.3, -0.25) is 9.59 Å². The Labute approximate surface area is 148 Å². The first-order valence-corrected chi connectivity index (χ1v) is 9.51. The van der Waals surface area contributed by atoms with E-state index in [1.165, 1.54) is 31.2 Å². The van der Waals surface area contributed by atoms with Crippen molar-refractivity contribution in [1.82, 2.24) is 0 Å². The van der Waals surface area contributed by atoms with E-state index in [0.29, 0.717) is 19.4 Å². The second kappa shape index (κ2) is 9.57. The summed E-state index contributed by atoms with van der Waals surface area (Å²) in [6.45, 7) is 1.87. The van der Waals surface area contributed by atoms with E-state index in [-0.39, 0.29) is 11.3 Å². The van der Waals surface area contributed by atoms with Crippen LogP contribution in [0.5, 0.6) is 0 Å². The van der Waals surface area contributed by atoms with Gasteiger partial charge in [-0.15, -0.1) is 0 Å². The van der Waals surface area contributed by atoms with E-state index in [4.69, 9.17) is 17.2 Å². The van der Waals surface area contributed by atoms with Crippen LogP contribution in [-0.4, -0.2) is 38.6 Å². The average Bonchev–Trinajstić information content (AvgIpc) is 2.59. The van der Waals surface area contributed by atoms with Crippen molar-refractivity contribution >= 4 is 21.4 Å². The highest BCUT2D eigenvalue weighted by molar-refractivity contribution is 7.96. The Hall–Kier alpha value is -1.87. The Morgan fingerprint density at radius 2 is 1.72 bits per heavy atom. The fourth-order valence-corrected chi connectivity index (χ4v) is 3.55. The van der Waals surface area contributed by atoms with Crippen LogP contribution in [0.4, 0.5) is 0 Å². The molecule has 0 heterocycles. The van der Waals surface area contributed by atoms with Gasteiger partial charge in [-0.25, -0.2) is 8.42 Å². The smallest absolute Gasteiger partial charge is 0.210 e. The Morgan fingerprint density at radius 3 is 2.24 bits per heavy atom. The number of hydrogen-bond acceptors (Lipinski definition) is 7. The minimum absolute atomic E-state index is 0.0822. The first-order valence-electron chi connectivity index (χ1n) is 8.03. The SMILES string of the molecule is C[C@H](N)C(=O)C=C(C(=O)[C@@H](N)CCCCN)S(=O)(=O)c1ccccc1. The number of Topliss-reactive ketones (excluding diaryl/α,β-unsaturated/α-hetero) is 1. The fraction of sp³-hybridized carbons (Fsp3) is 0.412. The quantitative estimate of drug-likeness (QED) is 0.398. The van der Waals surface area contributed by atoms with Crippen LogP contribution in [-0.2, 0) is 19.4 Å². The predicted molar refractivity (Wildman–Crippen MR) is 96.3 cm³/mol. The third-order valence-electron chi connectivity index (χ3n) is 3.61. The largest absolute Gasteiger partial charge is 0.330 e. The average molecular weight is 367 g/mol. The highest BCUT2D eigenvalue weighted by Gasteiger charge is 2.31. The molecule has 0 radical (unpaired) electrons. The van der Waals surface area contributed by atoms with Crippen LogP contribution >= 0.6 is 0 Å². The Morgan fingerprint density at radius 1 is 1.12 bits per heavy atom. The Kier molecular flexibility index (Phi) is 8.11. The lowest BCUT2D eigenvalue weighted by Gasteiger charge is -2.14. The molecule has 1 aromatic carbocycles. The molecule has 7 nitrogen and oxygen atoms in total. The predicted octanol–water partition coefficient (Wildman–Crippen LogP) is 0.286. The third-order valence-corrected chi connectivity index (χ3v) is 5.40. The molecule has 138 valence electrons. The van der Waals surface area contributed by atoms with Crippen molar-refractivity contribution in [3.63, 3.8) is 0 Å². The maximum absolute atomic E-state index is 12.8. The second-order valence-electron chi connectivity index (χ2n) is 5.77. The fourth-order valence-electron chi connectivity index (χ4n) is 2.09. The number of carbonyl (C=O) groups excluding carboxylic acids is 2. The zero-order valence-electron chi connectivity index (χ0n) is 14.2. The molecule has 8 heteroatoms. The van der Waals surface area contributed by atoms with Crippen molar-refractivity contribution in [3.05, 3.63) is 41.3 Å². The Balaban J connectivity index is 3.27. The summed E-state index contributed by atoms with van der Waals surface area (Å²) in [4.78, 5) is 23.9. The molecular weight excluding hydrogens is 342 g/mol. The summed E-state index contributed by atoms with van der Waals surface area (Å²) in [6.07, 6.45) is 2.33. The molecule has 0 bridgehead atoms. The number of rotatable bonds is 10. The van der Waals surface area contributed by atoms with E-state index >= 15 is 0 Å². The molecule has 1 aromatic rings. The maximum atomic E-state index is 12.8. The molecular formula is C17H25N3O4S. The number of nitrogens with two attached hydrogens (primary N) is 3. The molecule has 1 rings (SSSR count). The maximum Gasteiger partial charge on any atom is 0.210 e. The second-order valence-corrected chi connectivity index (χ2v) is 7.69. The van der Waals surface area contributed by atoms with Crippen LogP contribution in [0.1, 0.15) is 26.2 Å². The monoisotopic (exact) mass is 367 g/mol. The number of hydrogen-bond donors (Lipinski definition) is 3. The van der Waals surface area contributed by atoms with Gasteiger partial charge in [-0.2, -0.15) is 0 Å². The topological polar surface area (TPSA) is 146 Å². The first-order chi connectivity index (χ1) is 11.7. The third kappa shape index (κ3) is 5.86. The summed E-state index contributed by atoms with van der Waals surface area (Å²) in [5.41, 5.74) is 16.7. The minimum atomic E-state index is -4.17. The van der Waals surface area contributed by atoms with Crippen LogP contribution < -0.4 is 17.2 Å². The van der Waals surface area contributed by atoms with E-state index in [1.807, 2.05) is 0 Å². The normalized spacial score (nSPS) is 14.8. The van der Waals surface area contributed by atoms with Crippen LogP contribution in [0.25, 0.3) is 0 Å². The molecule has 0 spiro atoms. The van der Waals surface area contributed by atoms with E-state index in [2.05, 4.69) is 0 Å². The van der Waals surface area contributed by atoms with E-state index in [9.17, 15) is 18.0 Å². The minimum Gasteiger partial charge on any atom is -0.330 e. The number of benzene rings is 1. The number of unbranched alkanes of at least 4 members (excludes halogenated alkanes) is 1. The van der Waals surface area contributed by atoms with Gasteiger partial charge in [0.2, 0.25) is 9.84 Å². The van der Waals surface area contributed by atoms with Crippen molar-refractivity contribution in [2.45, 2.75) is 43.2 Å². The van der Waals surface area contributed by atoms with Crippen molar-refractivity contribution in [3.8, 4) is 0 Å². The summed E-state index contributed by atoms with van der Waals surface area (Å²) in [5, 5.41) is 0. The molecule has 2 atom stereocenters. The standard InChI is InChI=1S/C17H25N3O4S/c1-12(19)15(21)11-16(17(22)14(20)9-5-6-10-18)25(23,24)13-7-3-2-4-8-13/h2-4,7-8,11-12,14H,5-6,9-10,18-20H2,1H3/t12-,14-/m0/s1. The van der Waals surface area contributed by atoms with Gasteiger partial charge in [0.1, 0.15) is 4.91 Å². The molecule has 0 saturated carbocycles. The van der Waals surface area contributed by atoms with Gasteiger partial charge in [0.05, 0.1) is 17.0 Å². The number of ketones is 2. The van der Waals surface area contributed by atoms with Crippen LogP contribution in [0, 0.1) is 0 Å². The van der Waals surface area contributed by atoms with Gasteiger partial charge < -0.3 is 17.2 Å². The van der Waals surface area contributed by atoms with Crippen molar-refractivity contribution in [2.24, 2.45) is 17.2 Å². The zero-order chi connectivity index (χ0) is 19.0. The molecule has 0 aliphatic carbocycles. The molecule has 0 fully saturated rings. The van der Waals surface area contributed by atoms with Gasteiger partial charge in [-0.1, -0.05) is 24.6 Å². The lowest BCUT2D eigenvalue weighted by atomic mass is 10.0. The first kappa shape index (κ1) is 21.2. The highest BCUT2D eigenvalue weighted by Crippen LogP contribution is 2.22. The molecule has 0 saturated heterocycles. The number of sulfone groups is 1. The molecule has 0 amide bonds. The van der Waals surface area contributed by atoms with Gasteiger partial charge in [-0.05, 0) is 38.4 Å². The van der Waals surface area contributed by atoms with Crippen LogP contribution in [0.2, 0.25) is 0 Å². The summed E-state index contributed by atoms with van der Waals surface area (Å²) in [5.74, 6) is -1.45. The molecule has 0 aliphatic rings. The molecule has 0 unspecified atom stereocenters. The summed E-state index contributed by atoms with van der Waals surface area (Å²) in [7, 11) is -4.17. The van der Waals surface area contributed by atoms with Gasteiger partial charge in [0.15, 0.2) is 11.6 Å². The van der Waals surface area contributed by atoms with E-state index in [1.54, 1.807) is 6.07 Å². The zero-order valence-corrected chi connectivity index (χ0v) is 15.0. The summed E-state index contributed by atoms with van der Waals surface area (Å²) in [6, 6.07) is 5.46. The van der Waals surface area contributed by atoms with Gasteiger partial charge in [0.25, 0.3) is 0 Å². The molecule has 25 heavy (non-hydrogen) atoms. The molecule has 6 N–H and O–H groups in total. The van der Waals surface area contributed by atoms with Gasteiger partial charge in [0, 0.05) is 6.08 Å². The van der Waals surface area contributed by atoms with E-state index < -0.39 is 38.4 Å². The van der Waals surface area contributed by atoms with Gasteiger partial charge >= 0.3 is 0 Å². The molecule has 0 aliphatic heterocycles. The summed E-state index contributed by atoms with van der Waals surface area (Å²) < 4.78 is 25.6. The van der Waals surface area contributed by atoms with Crippen molar-refractivity contribution in [2.75, 3.05) is 6.54 Å². The van der Waals surface area contributed by atoms with Crippen molar-refractivity contribution in [1.29, 1.82) is 0 Å². The Bertz CT molecular complexity index is 728. The lowest BCUT2D eigenvalue weighted by molar-refractivity contribution is -0.118. The lowest BCUT2D eigenvalue weighted by Crippen LogP contribution is -2.35. The van der Waals surface area contributed by atoms with E-state index in [0.717, 1.165) is 6.08 Å². The van der Waals surface area contributed by atoms with Crippen molar-refractivity contribution < 1.29 is 18.0 Å². The summed E-state index contributed by atoms with van der Waals surface area (Å²) >= 11 is 0. The van der Waals surface area contributed by atoms with Crippen LogP contribution in [0.15, 0.2) is 46.2 Å². The highest BCUT2D eigenvalue weighted by atomic mass is 32.2. The number of carbonyl (C=O) groups is 2. The molecule has 0 aromatic heterocycles.